The number of benzene rings is 2. The number of aryl methyl sites for hydroxylation is 1. The first kappa shape index (κ1) is 21.3. The molecule has 0 amide bonds. The number of aliphatic hydroxyl groups is 1. The van der Waals surface area contributed by atoms with Crippen LogP contribution < -0.4 is 5.73 Å². The molecule has 158 valence electrons. The molecule has 0 saturated carbocycles. The van der Waals surface area contributed by atoms with Crippen LogP contribution in [0.2, 0.25) is 0 Å². The maximum absolute atomic E-state index is 9.35. The molecule has 30 heavy (non-hydrogen) atoms. The second-order valence-electron chi connectivity index (χ2n) is 7.39. The van der Waals surface area contributed by atoms with Gasteiger partial charge in [0.15, 0.2) is 10.6 Å². The van der Waals surface area contributed by atoms with Crippen LogP contribution in [0, 0.1) is 12.8 Å². The number of aliphatic hydroxyl groups excluding tert-OH is 1. The van der Waals surface area contributed by atoms with E-state index in [1.807, 2.05) is 55.5 Å². The molecule has 0 bridgehead atoms. The van der Waals surface area contributed by atoms with Crippen LogP contribution in [-0.2, 0) is 16.1 Å². The lowest BCUT2D eigenvalue weighted by Gasteiger charge is -2.41. The fraction of sp³-hybridized carbons (Fsp3) is 0.364. The summed E-state index contributed by atoms with van der Waals surface area (Å²) >= 11 is 3.25. The second-order valence-corrected chi connectivity index (χ2v) is 9.84. The molecule has 8 heteroatoms. The Bertz CT molecular complexity index is 980. The topological polar surface area (TPSA) is 90.5 Å². The summed E-state index contributed by atoms with van der Waals surface area (Å²) in [4.78, 5) is 0. The molecule has 0 radical (unpaired) electrons. The molecule has 4 atom stereocenters. The van der Waals surface area contributed by atoms with Gasteiger partial charge in [0.05, 0.1) is 18.8 Å². The molecule has 2 aromatic carbocycles. The van der Waals surface area contributed by atoms with Crippen LogP contribution in [0.25, 0.3) is 0 Å². The van der Waals surface area contributed by atoms with Crippen molar-refractivity contribution in [1.29, 1.82) is 0 Å². The number of rotatable bonds is 6. The molecule has 1 fully saturated rings. The van der Waals surface area contributed by atoms with Gasteiger partial charge < -0.3 is 20.3 Å². The molecule has 6 nitrogen and oxygen atoms in total. The van der Waals surface area contributed by atoms with Crippen molar-refractivity contribution in [2.24, 2.45) is 5.92 Å². The molecule has 0 unspecified atom stereocenters. The monoisotopic (exact) mass is 443 g/mol. The normalized spacial score (nSPS) is 24.1. The van der Waals surface area contributed by atoms with Crippen LogP contribution in [-0.4, -0.2) is 27.2 Å². The molecule has 1 saturated heterocycles. The molecule has 3 N–H and O–H groups in total. The Morgan fingerprint density at radius 2 is 1.90 bits per heavy atom. The van der Waals surface area contributed by atoms with Crippen molar-refractivity contribution in [3.05, 3.63) is 70.2 Å². The van der Waals surface area contributed by atoms with E-state index < -0.39 is 6.29 Å². The molecule has 1 aliphatic rings. The zero-order chi connectivity index (χ0) is 21.1. The molecular weight excluding hydrogens is 418 g/mol. The molecule has 0 spiro atoms. The highest BCUT2D eigenvalue weighted by Gasteiger charge is 2.38. The van der Waals surface area contributed by atoms with Gasteiger partial charge in [0.2, 0.25) is 0 Å². The number of thioether (sulfide) groups is 1. The van der Waals surface area contributed by atoms with Crippen LogP contribution >= 0.6 is 23.1 Å². The van der Waals surface area contributed by atoms with Gasteiger partial charge in [-0.15, -0.1) is 10.2 Å². The van der Waals surface area contributed by atoms with E-state index in [9.17, 15) is 5.11 Å². The second kappa shape index (κ2) is 9.45. The smallest absolute Gasteiger partial charge is 0.185 e. The molecule has 3 aromatic rings. The van der Waals surface area contributed by atoms with Crippen molar-refractivity contribution in [1.82, 2.24) is 10.2 Å². The first-order chi connectivity index (χ1) is 14.5. The third-order valence-electron chi connectivity index (χ3n) is 5.18. The summed E-state index contributed by atoms with van der Waals surface area (Å²) in [7, 11) is 0. The Morgan fingerprint density at radius 3 is 2.57 bits per heavy atom. The molecule has 1 aromatic heterocycles. The Kier molecular flexibility index (Phi) is 6.70. The molecular formula is C22H25N3O3S2. The van der Waals surface area contributed by atoms with Crippen LogP contribution in [0.3, 0.4) is 0 Å². The van der Waals surface area contributed by atoms with E-state index >= 15 is 0 Å². The van der Waals surface area contributed by atoms with Gasteiger partial charge in [-0.05, 0) is 30.2 Å². The van der Waals surface area contributed by atoms with Gasteiger partial charge >= 0.3 is 0 Å². The number of ether oxygens (including phenoxy) is 2. The maximum Gasteiger partial charge on any atom is 0.185 e. The number of hydrogen-bond donors (Lipinski definition) is 2. The van der Waals surface area contributed by atoms with Gasteiger partial charge in [-0.3, -0.25) is 0 Å². The standard InChI is InChI=1S/C22H25N3O3S2/c1-13-19(12-29-22-25-24-14(2)30-22)27-21(17-4-3-5-18(23)10-17)28-20(13)16-8-6-15(11-26)7-9-16/h3-10,13,19-21,26H,11-12,23H2,1-2H3/t13-,19+,20+,21+/m0/s1. The van der Waals surface area contributed by atoms with Crippen molar-refractivity contribution in [2.45, 2.75) is 43.3 Å². The summed E-state index contributed by atoms with van der Waals surface area (Å²) in [5, 5.41) is 18.6. The summed E-state index contributed by atoms with van der Waals surface area (Å²) in [5.41, 5.74) is 9.52. The van der Waals surface area contributed by atoms with E-state index in [0.29, 0.717) is 5.69 Å². The summed E-state index contributed by atoms with van der Waals surface area (Å²) in [6.07, 6.45) is -0.685. The summed E-state index contributed by atoms with van der Waals surface area (Å²) in [6, 6.07) is 15.5. The first-order valence-corrected chi connectivity index (χ1v) is 11.6. The van der Waals surface area contributed by atoms with Crippen LogP contribution in [0.15, 0.2) is 52.9 Å². The first-order valence-electron chi connectivity index (χ1n) is 9.82. The predicted molar refractivity (Wildman–Crippen MR) is 119 cm³/mol. The summed E-state index contributed by atoms with van der Waals surface area (Å²) < 4.78 is 13.7. The lowest BCUT2D eigenvalue weighted by molar-refractivity contribution is -0.268. The largest absolute Gasteiger partial charge is 0.399 e. The summed E-state index contributed by atoms with van der Waals surface area (Å²) in [5.74, 6) is 0.882. The van der Waals surface area contributed by atoms with Crippen molar-refractivity contribution in [3.8, 4) is 0 Å². The number of nitrogens with two attached hydrogens (primary N) is 1. The van der Waals surface area contributed by atoms with E-state index in [2.05, 4.69) is 17.1 Å². The highest BCUT2D eigenvalue weighted by molar-refractivity contribution is 8.01. The highest BCUT2D eigenvalue weighted by atomic mass is 32.2. The minimum Gasteiger partial charge on any atom is -0.399 e. The van der Waals surface area contributed by atoms with Gasteiger partial charge in [0.25, 0.3) is 0 Å². The highest BCUT2D eigenvalue weighted by Crippen LogP contribution is 2.43. The average Bonchev–Trinajstić information content (AvgIpc) is 3.18. The average molecular weight is 444 g/mol. The minimum atomic E-state index is -0.506. The van der Waals surface area contributed by atoms with E-state index in [-0.39, 0.29) is 24.7 Å². The van der Waals surface area contributed by atoms with Crippen LogP contribution in [0.5, 0.6) is 0 Å². The van der Waals surface area contributed by atoms with Crippen molar-refractivity contribution >= 4 is 28.8 Å². The number of nitrogen functional groups attached to an aromatic ring is 1. The number of nitrogens with zero attached hydrogens (tertiary/aromatic N) is 2. The zero-order valence-corrected chi connectivity index (χ0v) is 18.5. The molecule has 2 heterocycles. The lowest BCUT2D eigenvalue weighted by atomic mass is 9.91. The molecule has 0 aliphatic carbocycles. The van der Waals surface area contributed by atoms with Gasteiger partial charge in [0, 0.05) is 22.9 Å². The van der Waals surface area contributed by atoms with E-state index in [4.69, 9.17) is 15.2 Å². The van der Waals surface area contributed by atoms with Crippen molar-refractivity contribution in [2.75, 3.05) is 11.5 Å². The predicted octanol–water partition coefficient (Wildman–Crippen LogP) is 4.50. The zero-order valence-electron chi connectivity index (χ0n) is 16.9. The van der Waals surface area contributed by atoms with Crippen LogP contribution in [0.4, 0.5) is 5.69 Å². The Hall–Kier alpha value is -1.97. The fourth-order valence-corrected chi connectivity index (χ4v) is 5.51. The van der Waals surface area contributed by atoms with Gasteiger partial charge in [-0.25, -0.2) is 0 Å². The van der Waals surface area contributed by atoms with Gasteiger partial charge in [0.1, 0.15) is 5.01 Å². The maximum atomic E-state index is 9.35. The quantitative estimate of drug-likeness (QED) is 0.428. The van der Waals surface area contributed by atoms with E-state index in [1.165, 1.54) is 0 Å². The van der Waals surface area contributed by atoms with Gasteiger partial charge in [-0.2, -0.15) is 0 Å². The Labute approximate surface area is 184 Å². The number of anilines is 1. The molecule has 1 aliphatic heterocycles. The third-order valence-corrected chi connectivity index (χ3v) is 7.25. The van der Waals surface area contributed by atoms with E-state index in [1.54, 1.807) is 23.1 Å². The van der Waals surface area contributed by atoms with E-state index in [0.717, 1.165) is 31.8 Å². The van der Waals surface area contributed by atoms with Crippen molar-refractivity contribution in [3.63, 3.8) is 0 Å². The SMILES string of the molecule is Cc1nnc(SC[C@H]2O[C@@H](c3cccc(N)c3)O[C@@H](c3ccc(CO)cc3)[C@H]2C)s1. The molecule has 4 rings (SSSR count). The van der Waals surface area contributed by atoms with Crippen LogP contribution in [0.1, 0.15) is 41.0 Å². The summed E-state index contributed by atoms with van der Waals surface area (Å²) in [6.45, 7) is 4.13. The van der Waals surface area contributed by atoms with Crippen molar-refractivity contribution < 1.29 is 14.6 Å². The number of aromatic nitrogens is 2. The fourth-order valence-electron chi connectivity index (χ4n) is 3.51. The van der Waals surface area contributed by atoms with Gasteiger partial charge in [-0.1, -0.05) is 66.4 Å². The third kappa shape index (κ3) is 4.84. The Morgan fingerprint density at radius 1 is 1.10 bits per heavy atom. The number of hydrogen-bond acceptors (Lipinski definition) is 8. The Balaban J connectivity index is 1.58. The lowest BCUT2D eigenvalue weighted by Crippen LogP contribution is -2.38. The minimum absolute atomic E-state index is 0.0247.